The molecule has 0 radical (unpaired) electrons. The smallest absolute Gasteiger partial charge is 0.245 e. The van der Waals surface area contributed by atoms with E-state index in [-0.39, 0.29) is 6.42 Å². The van der Waals surface area contributed by atoms with Crippen molar-refractivity contribution >= 4 is 0 Å². The van der Waals surface area contributed by atoms with Crippen LogP contribution in [0.2, 0.25) is 0 Å². The van der Waals surface area contributed by atoms with Crippen molar-refractivity contribution in [2.45, 2.75) is 63.8 Å². The quantitative estimate of drug-likeness (QED) is 0.656. The molecule has 0 heterocycles. The highest BCUT2D eigenvalue weighted by Crippen LogP contribution is 2.20. The van der Waals surface area contributed by atoms with Crippen LogP contribution in [0.15, 0.2) is 0 Å². The van der Waals surface area contributed by atoms with Gasteiger partial charge in [-0.2, -0.15) is 0 Å². The number of hydrogen-bond acceptors (Lipinski definition) is 1. The third-order valence-corrected chi connectivity index (χ3v) is 2.83. The molecule has 3 heteroatoms. The average Bonchev–Trinajstić information content (AvgIpc) is 2.54. The third kappa shape index (κ3) is 5.53. The molecule has 0 amide bonds. The van der Waals surface area contributed by atoms with Gasteiger partial charge in [0.2, 0.25) is 5.92 Å². The molecule has 0 aromatic rings. The Morgan fingerprint density at radius 2 is 1.86 bits per heavy atom. The van der Waals surface area contributed by atoms with Crippen LogP contribution in [-0.2, 0) is 0 Å². The van der Waals surface area contributed by atoms with Gasteiger partial charge in [0.15, 0.2) is 0 Å². The van der Waals surface area contributed by atoms with Crippen LogP contribution in [0.3, 0.4) is 0 Å². The lowest BCUT2D eigenvalue weighted by molar-refractivity contribution is 0.0105. The summed E-state index contributed by atoms with van der Waals surface area (Å²) in [5.74, 6) is -2.48. The molecule has 1 saturated carbocycles. The Labute approximate surface area is 85.3 Å². The van der Waals surface area contributed by atoms with Gasteiger partial charge in [-0.25, -0.2) is 8.78 Å². The normalized spacial score (nSPS) is 19.1. The zero-order chi connectivity index (χ0) is 10.4. The van der Waals surface area contributed by atoms with E-state index in [0.717, 1.165) is 19.9 Å². The highest BCUT2D eigenvalue weighted by Gasteiger charge is 2.19. The molecule has 1 aliphatic rings. The maximum atomic E-state index is 12.4. The Kier molecular flexibility index (Phi) is 4.79. The van der Waals surface area contributed by atoms with Gasteiger partial charge in [-0.15, -0.1) is 0 Å². The number of unbranched alkanes of at least 4 members (excludes halogenated alkanes) is 1. The average molecular weight is 205 g/mol. The van der Waals surface area contributed by atoms with E-state index in [0.29, 0.717) is 12.5 Å². The summed E-state index contributed by atoms with van der Waals surface area (Å²) in [6.45, 7) is 1.90. The van der Waals surface area contributed by atoms with Crippen molar-refractivity contribution in [3.05, 3.63) is 0 Å². The maximum Gasteiger partial charge on any atom is 0.245 e. The fourth-order valence-corrected chi connectivity index (χ4v) is 2.00. The van der Waals surface area contributed by atoms with Crippen molar-refractivity contribution in [1.82, 2.24) is 5.32 Å². The van der Waals surface area contributed by atoms with Crippen LogP contribution in [0, 0.1) is 0 Å². The predicted octanol–water partition coefficient (Wildman–Crippen LogP) is 3.34. The zero-order valence-electron chi connectivity index (χ0n) is 8.99. The molecule has 84 valence electrons. The highest BCUT2D eigenvalue weighted by molar-refractivity contribution is 4.73. The second kappa shape index (κ2) is 5.64. The van der Waals surface area contributed by atoms with Crippen LogP contribution in [0.25, 0.3) is 0 Å². The minimum Gasteiger partial charge on any atom is -0.314 e. The minimum atomic E-state index is -2.48. The number of nitrogens with one attached hydrogen (secondary N) is 1. The molecule has 0 aromatic carbocycles. The Hall–Kier alpha value is -0.180. The Bertz CT molecular complexity index is 148. The van der Waals surface area contributed by atoms with Crippen LogP contribution < -0.4 is 5.32 Å². The highest BCUT2D eigenvalue weighted by atomic mass is 19.3. The number of alkyl halides is 2. The van der Waals surface area contributed by atoms with Gasteiger partial charge in [-0.1, -0.05) is 12.8 Å². The molecule has 14 heavy (non-hydrogen) atoms. The summed E-state index contributed by atoms with van der Waals surface area (Å²) in [6.07, 6.45) is 6.71. The van der Waals surface area contributed by atoms with E-state index >= 15 is 0 Å². The van der Waals surface area contributed by atoms with Crippen molar-refractivity contribution < 1.29 is 8.78 Å². The van der Waals surface area contributed by atoms with Crippen LogP contribution >= 0.6 is 0 Å². The number of hydrogen-bond donors (Lipinski definition) is 1. The Morgan fingerprint density at radius 3 is 2.43 bits per heavy atom. The van der Waals surface area contributed by atoms with E-state index in [4.69, 9.17) is 0 Å². The maximum absolute atomic E-state index is 12.4. The third-order valence-electron chi connectivity index (χ3n) is 2.83. The molecule has 1 N–H and O–H groups in total. The molecule has 0 atom stereocenters. The number of halogens is 2. The minimum absolute atomic E-state index is 0.0271. The summed E-state index contributed by atoms with van der Waals surface area (Å²) < 4.78 is 24.9. The van der Waals surface area contributed by atoms with E-state index in [2.05, 4.69) is 5.32 Å². The van der Waals surface area contributed by atoms with Gasteiger partial charge in [-0.3, -0.25) is 0 Å². The lowest BCUT2D eigenvalue weighted by atomic mass is 10.1. The first-order chi connectivity index (χ1) is 6.58. The summed E-state index contributed by atoms with van der Waals surface area (Å²) in [7, 11) is 0. The van der Waals surface area contributed by atoms with E-state index in [1.807, 2.05) is 0 Å². The van der Waals surface area contributed by atoms with Gasteiger partial charge in [0.25, 0.3) is 0 Å². The van der Waals surface area contributed by atoms with Crippen molar-refractivity contribution in [2.24, 2.45) is 0 Å². The molecular formula is C11H21F2N. The van der Waals surface area contributed by atoms with E-state index in [1.165, 1.54) is 25.7 Å². The zero-order valence-corrected chi connectivity index (χ0v) is 8.99. The summed E-state index contributed by atoms with van der Waals surface area (Å²) in [5, 5.41) is 3.42. The van der Waals surface area contributed by atoms with Gasteiger partial charge < -0.3 is 5.32 Å². The molecular weight excluding hydrogens is 184 g/mol. The fraction of sp³-hybridized carbons (Fsp3) is 1.00. The summed E-state index contributed by atoms with van der Waals surface area (Å²) in [4.78, 5) is 0. The van der Waals surface area contributed by atoms with Crippen molar-refractivity contribution in [3.8, 4) is 0 Å². The SMILES string of the molecule is CC(F)(F)CCCCNC1CCCC1. The molecule has 1 aliphatic carbocycles. The van der Waals surface area contributed by atoms with Crippen molar-refractivity contribution in [1.29, 1.82) is 0 Å². The van der Waals surface area contributed by atoms with Gasteiger partial charge in [0.05, 0.1) is 0 Å². The standard InChI is InChI=1S/C11H21F2N/c1-11(12,13)8-4-5-9-14-10-6-2-3-7-10/h10,14H,2-9H2,1H3. The molecule has 0 spiro atoms. The molecule has 0 aliphatic heterocycles. The van der Waals surface area contributed by atoms with Gasteiger partial charge in [-0.05, 0) is 39.2 Å². The van der Waals surface area contributed by atoms with Gasteiger partial charge >= 0.3 is 0 Å². The molecule has 0 bridgehead atoms. The van der Waals surface area contributed by atoms with Gasteiger partial charge in [0, 0.05) is 12.5 Å². The van der Waals surface area contributed by atoms with Crippen LogP contribution in [0.1, 0.15) is 51.9 Å². The molecule has 1 fully saturated rings. The summed E-state index contributed by atoms with van der Waals surface area (Å²) in [5.41, 5.74) is 0. The molecule has 0 saturated heterocycles. The number of rotatable bonds is 6. The summed E-state index contributed by atoms with van der Waals surface area (Å²) >= 11 is 0. The first-order valence-corrected chi connectivity index (χ1v) is 5.69. The molecule has 1 nitrogen and oxygen atoms in total. The molecule has 0 aromatic heterocycles. The molecule has 0 unspecified atom stereocenters. The first kappa shape index (κ1) is 11.9. The lowest BCUT2D eigenvalue weighted by Gasteiger charge is -2.12. The van der Waals surface area contributed by atoms with Crippen LogP contribution in [0.4, 0.5) is 8.78 Å². The monoisotopic (exact) mass is 205 g/mol. The van der Waals surface area contributed by atoms with Gasteiger partial charge in [0.1, 0.15) is 0 Å². The van der Waals surface area contributed by atoms with Crippen LogP contribution in [0.5, 0.6) is 0 Å². The Morgan fingerprint density at radius 1 is 1.21 bits per heavy atom. The lowest BCUT2D eigenvalue weighted by Crippen LogP contribution is -2.27. The second-order valence-electron chi connectivity index (χ2n) is 4.46. The largest absolute Gasteiger partial charge is 0.314 e. The van der Waals surface area contributed by atoms with E-state index in [1.54, 1.807) is 0 Å². The molecule has 1 rings (SSSR count). The van der Waals surface area contributed by atoms with E-state index in [9.17, 15) is 8.78 Å². The van der Waals surface area contributed by atoms with Crippen LogP contribution in [-0.4, -0.2) is 18.5 Å². The predicted molar refractivity (Wildman–Crippen MR) is 54.7 cm³/mol. The fourth-order valence-electron chi connectivity index (χ4n) is 2.00. The van der Waals surface area contributed by atoms with Crippen molar-refractivity contribution in [3.63, 3.8) is 0 Å². The van der Waals surface area contributed by atoms with E-state index < -0.39 is 5.92 Å². The first-order valence-electron chi connectivity index (χ1n) is 5.69. The Balaban J connectivity index is 1.89. The second-order valence-corrected chi connectivity index (χ2v) is 4.46. The topological polar surface area (TPSA) is 12.0 Å². The summed E-state index contributed by atoms with van der Waals surface area (Å²) in [6, 6.07) is 0.664. The van der Waals surface area contributed by atoms with Crippen molar-refractivity contribution in [2.75, 3.05) is 6.54 Å².